The van der Waals surface area contributed by atoms with E-state index < -0.39 is 0 Å². The zero-order valence-electron chi connectivity index (χ0n) is 17.1. The molecule has 3 aromatic rings. The van der Waals surface area contributed by atoms with Gasteiger partial charge in [-0.2, -0.15) is 0 Å². The van der Waals surface area contributed by atoms with Crippen molar-refractivity contribution in [3.8, 4) is 5.75 Å². The van der Waals surface area contributed by atoms with Gasteiger partial charge in [0.25, 0.3) is 0 Å². The van der Waals surface area contributed by atoms with E-state index in [1.54, 1.807) is 0 Å². The molecule has 0 aromatic heterocycles. The van der Waals surface area contributed by atoms with Crippen LogP contribution in [-0.2, 0) is 18.3 Å². The first-order chi connectivity index (χ1) is 12.7. The van der Waals surface area contributed by atoms with Crippen LogP contribution in [-0.4, -0.2) is 5.11 Å². The third-order valence-electron chi connectivity index (χ3n) is 5.16. The van der Waals surface area contributed by atoms with Gasteiger partial charge in [-0.3, -0.25) is 0 Å². The van der Waals surface area contributed by atoms with Crippen molar-refractivity contribution in [1.82, 2.24) is 0 Å². The molecule has 1 nitrogen and oxygen atoms in total. The van der Waals surface area contributed by atoms with Gasteiger partial charge in [0, 0.05) is 12.8 Å². The second-order valence-electron chi connectivity index (χ2n) is 8.72. The first-order valence-corrected chi connectivity index (χ1v) is 9.69. The van der Waals surface area contributed by atoms with E-state index in [0.717, 1.165) is 24.0 Å². The topological polar surface area (TPSA) is 20.2 Å². The van der Waals surface area contributed by atoms with Crippen LogP contribution in [0.5, 0.6) is 5.75 Å². The Hall–Kier alpha value is -2.54. The number of aromatic hydroxyl groups is 1. The minimum Gasteiger partial charge on any atom is -0.507 e. The summed E-state index contributed by atoms with van der Waals surface area (Å²) in [5, 5.41) is 11.0. The van der Waals surface area contributed by atoms with Crippen LogP contribution in [0.4, 0.5) is 0 Å². The molecule has 0 heterocycles. The Balaban J connectivity index is 2.01. The molecule has 0 saturated heterocycles. The molecule has 0 aliphatic carbocycles. The smallest absolute Gasteiger partial charge is 0.122 e. The minimum absolute atomic E-state index is 0.0394. The van der Waals surface area contributed by atoms with Crippen molar-refractivity contribution in [3.05, 3.63) is 99.6 Å². The lowest BCUT2D eigenvalue weighted by molar-refractivity contribution is 0.462. The van der Waals surface area contributed by atoms with Crippen LogP contribution in [0.2, 0.25) is 0 Å². The summed E-state index contributed by atoms with van der Waals surface area (Å²) in [4.78, 5) is 0. The van der Waals surface area contributed by atoms with Crippen molar-refractivity contribution in [2.75, 3.05) is 0 Å². The predicted molar refractivity (Wildman–Crippen MR) is 115 cm³/mol. The maximum Gasteiger partial charge on any atom is 0.122 e. The summed E-state index contributed by atoms with van der Waals surface area (Å²) >= 11 is 0. The molecule has 0 atom stereocenters. The molecule has 0 aliphatic rings. The Bertz CT molecular complexity index is 841. The lowest BCUT2D eigenvalue weighted by Crippen LogP contribution is -2.12. The number of hydrogen-bond donors (Lipinski definition) is 1. The van der Waals surface area contributed by atoms with Crippen molar-refractivity contribution < 1.29 is 5.11 Å². The highest BCUT2D eigenvalue weighted by Gasteiger charge is 2.19. The zero-order valence-corrected chi connectivity index (χ0v) is 17.1. The largest absolute Gasteiger partial charge is 0.507 e. The fraction of sp³-hybridized carbons (Fsp3) is 0.308. The second-order valence-corrected chi connectivity index (χ2v) is 8.72. The summed E-state index contributed by atoms with van der Waals surface area (Å²) in [7, 11) is 0. The molecule has 0 amide bonds. The molecule has 0 aliphatic heterocycles. The van der Waals surface area contributed by atoms with Gasteiger partial charge >= 0.3 is 0 Å². The molecular weight excluding hydrogens is 328 g/mol. The quantitative estimate of drug-likeness (QED) is 0.565. The number of rotatable bonds is 4. The normalized spacial score (nSPS) is 11.6. The molecule has 140 valence electrons. The first kappa shape index (κ1) is 19.2. The van der Waals surface area contributed by atoms with Crippen LogP contribution in [0, 0.1) is 13.8 Å². The van der Waals surface area contributed by atoms with Crippen molar-refractivity contribution in [2.45, 2.75) is 52.9 Å². The van der Waals surface area contributed by atoms with E-state index in [1.807, 2.05) is 0 Å². The Labute approximate surface area is 163 Å². The third kappa shape index (κ3) is 4.80. The molecule has 0 radical (unpaired) electrons. The average Bonchev–Trinajstić information content (AvgIpc) is 2.61. The minimum atomic E-state index is 0.0394. The second kappa shape index (κ2) is 7.60. The summed E-state index contributed by atoms with van der Waals surface area (Å²) in [6, 6.07) is 21.5. The number of hydrogen-bond acceptors (Lipinski definition) is 1. The van der Waals surface area contributed by atoms with Gasteiger partial charge in [0.2, 0.25) is 0 Å². The van der Waals surface area contributed by atoms with Crippen LogP contribution in [0.15, 0.2) is 60.7 Å². The van der Waals surface area contributed by atoms with Gasteiger partial charge in [0.05, 0.1) is 0 Å². The fourth-order valence-corrected chi connectivity index (χ4v) is 3.31. The Morgan fingerprint density at radius 1 is 0.667 bits per heavy atom. The van der Waals surface area contributed by atoms with Crippen LogP contribution in [0.1, 0.15) is 59.7 Å². The van der Waals surface area contributed by atoms with Gasteiger partial charge in [-0.15, -0.1) is 0 Å². The molecule has 1 heteroatoms. The van der Waals surface area contributed by atoms with Gasteiger partial charge in [0.1, 0.15) is 5.75 Å². The van der Waals surface area contributed by atoms with Gasteiger partial charge in [-0.1, -0.05) is 92.6 Å². The number of phenolic OH excluding ortho intramolecular Hbond substituents is 1. The van der Waals surface area contributed by atoms with E-state index in [4.69, 9.17) is 0 Å². The zero-order chi connectivity index (χ0) is 19.6. The van der Waals surface area contributed by atoms with E-state index in [1.165, 1.54) is 27.8 Å². The summed E-state index contributed by atoms with van der Waals surface area (Å²) < 4.78 is 0. The van der Waals surface area contributed by atoms with Crippen LogP contribution >= 0.6 is 0 Å². The van der Waals surface area contributed by atoms with Crippen LogP contribution in [0.3, 0.4) is 0 Å². The number of benzene rings is 3. The number of phenols is 1. The summed E-state index contributed by atoms with van der Waals surface area (Å²) in [5.41, 5.74) is 8.29. The summed E-state index contributed by atoms with van der Waals surface area (Å²) in [6.07, 6.45) is 1.49. The van der Waals surface area contributed by atoms with Crippen molar-refractivity contribution in [3.63, 3.8) is 0 Å². The van der Waals surface area contributed by atoms with E-state index in [2.05, 4.69) is 95.3 Å². The molecule has 3 aromatic carbocycles. The van der Waals surface area contributed by atoms with Crippen LogP contribution < -0.4 is 0 Å². The van der Waals surface area contributed by atoms with Gasteiger partial charge < -0.3 is 5.11 Å². The molecular formula is C26H30O. The molecule has 0 fully saturated rings. The Morgan fingerprint density at radius 3 is 1.37 bits per heavy atom. The summed E-state index contributed by atoms with van der Waals surface area (Å²) in [5.74, 6) is 0.434. The average molecular weight is 359 g/mol. The molecule has 0 unspecified atom stereocenters. The highest BCUT2D eigenvalue weighted by molar-refractivity contribution is 5.49. The molecule has 27 heavy (non-hydrogen) atoms. The van der Waals surface area contributed by atoms with Crippen molar-refractivity contribution in [1.29, 1.82) is 0 Å². The number of aryl methyl sites for hydroxylation is 2. The SMILES string of the molecule is Cc1ccc(Cc2cc(C(C)(C)C)cc(Cc3ccc(C)cc3)c2O)cc1. The Morgan fingerprint density at radius 2 is 1.04 bits per heavy atom. The van der Waals surface area contributed by atoms with E-state index in [-0.39, 0.29) is 5.41 Å². The monoisotopic (exact) mass is 358 g/mol. The lowest BCUT2D eigenvalue weighted by atomic mass is 9.83. The highest BCUT2D eigenvalue weighted by atomic mass is 16.3. The Kier molecular flexibility index (Phi) is 5.41. The molecule has 0 bridgehead atoms. The fourth-order valence-electron chi connectivity index (χ4n) is 3.31. The van der Waals surface area contributed by atoms with Gasteiger partial charge in [-0.05, 0) is 47.1 Å². The molecule has 1 N–H and O–H groups in total. The van der Waals surface area contributed by atoms with Crippen molar-refractivity contribution >= 4 is 0 Å². The highest BCUT2D eigenvalue weighted by Crippen LogP contribution is 2.33. The van der Waals surface area contributed by atoms with E-state index >= 15 is 0 Å². The van der Waals surface area contributed by atoms with Crippen LogP contribution in [0.25, 0.3) is 0 Å². The predicted octanol–water partition coefficient (Wildman–Crippen LogP) is 6.49. The first-order valence-electron chi connectivity index (χ1n) is 9.69. The van der Waals surface area contributed by atoms with Gasteiger partial charge in [-0.25, -0.2) is 0 Å². The molecule has 0 spiro atoms. The third-order valence-corrected chi connectivity index (χ3v) is 5.16. The van der Waals surface area contributed by atoms with Gasteiger partial charge in [0.15, 0.2) is 0 Å². The lowest BCUT2D eigenvalue weighted by Gasteiger charge is -2.23. The maximum atomic E-state index is 11.0. The standard InChI is InChI=1S/C26H30O/c1-18-6-10-20(11-7-18)14-22-16-24(26(3,4)5)17-23(25(22)27)15-21-12-8-19(2)9-13-21/h6-13,16-17,27H,14-15H2,1-5H3. The molecule has 0 saturated carbocycles. The molecule has 3 rings (SSSR count). The van der Waals surface area contributed by atoms with E-state index in [0.29, 0.717) is 5.75 Å². The maximum absolute atomic E-state index is 11.0. The van der Waals surface area contributed by atoms with Crippen molar-refractivity contribution in [2.24, 2.45) is 0 Å². The van der Waals surface area contributed by atoms with E-state index in [9.17, 15) is 5.11 Å². The summed E-state index contributed by atoms with van der Waals surface area (Å²) in [6.45, 7) is 10.9.